The van der Waals surface area contributed by atoms with E-state index in [1.165, 1.54) is 0 Å². The standard InChI is InChI=1S/C11H12BrNO/c1-2-3-7-13-8-9-5-4-6-10(12)11(9)14/h1,4-6,13-14H,3,7-8H2. The molecule has 0 saturated heterocycles. The molecule has 1 aromatic carbocycles. The number of aromatic hydroxyl groups is 1. The van der Waals surface area contributed by atoms with Gasteiger partial charge < -0.3 is 10.4 Å². The van der Waals surface area contributed by atoms with E-state index in [-0.39, 0.29) is 0 Å². The summed E-state index contributed by atoms with van der Waals surface area (Å²) in [7, 11) is 0. The average Bonchev–Trinajstić information content (AvgIpc) is 2.19. The van der Waals surface area contributed by atoms with E-state index in [1.54, 1.807) is 6.07 Å². The molecule has 0 aliphatic carbocycles. The minimum Gasteiger partial charge on any atom is -0.506 e. The molecule has 0 aliphatic rings. The van der Waals surface area contributed by atoms with E-state index in [4.69, 9.17) is 6.42 Å². The number of benzene rings is 1. The van der Waals surface area contributed by atoms with Crippen LogP contribution in [0.4, 0.5) is 0 Å². The Labute approximate surface area is 92.5 Å². The van der Waals surface area contributed by atoms with E-state index in [1.807, 2.05) is 12.1 Å². The third-order valence-electron chi connectivity index (χ3n) is 1.83. The number of halogens is 1. The molecular formula is C11H12BrNO. The summed E-state index contributed by atoms with van der Waals surface area (Å²) in [4.78, 5) is 0. The van der Waals surface area contributed by atoms with Crippen molar-refractivity contribution in [3.05, 3.63) is 28.2 Å². The molecule has 0 heterocycles. The highest BCUT2D eigenvalue weighted by atomic mass is 79.9. The predicted octanol–water partition coefficient (Wildman–Crippen LogP) is 2.27. The number of para-hydroxylation sites is 1. The molecule has 0 aromatic heterocycles. The van der Waals surface area contributed by atoms with Crippen molar-refractivity contribution >= 4 is 15.9 Å². The van der Waals surface area contributed by atoms with Crippen LogP contribution in [0, 0.1) is 12.3 Å². The summed E-state index contributed by atoms with van der Waals surface area (Å²) in [6.45, 7) is 1.40. The summed E-state index contributed by atoms with van der Waals surface area (Å²) in [6.07, 6.45) is 5.82. The van der Waals surface area contributed by atoms with Gasteiger partial charge in [-0.1, -0.05) is 12.1 Å². The molecule has 14 heavy (non-hydrogen) atoms. The number of hydrogen-bond donors (Lipinski definition) is 2. The van der Waals surface area contributed by atoms with Crippen molar-refractivity contribution in [2.45, 2.75) is 13.0 Å². The fourth-order valence-corrected chi connectivity index (χ4v) is 1.49. The van der Waals surface area contributed by atoms with Crippen LogP contribution in [0.2, 0.25) is 0 Å². The Bertz CT molecular complexity index is 344. The van der Waals surface area contributed by atoms with Gasteiger partial charge in [-0.15, -0.1) is 12.3 Å². The third-order valence-corrected chi connectivity index (χ3v) is 2.47. The maximum atomic E-state index is 9.63. The molecule has 0 spiro atoms. The molecule has 0 amide bonds. The van der Waals surface area contributed by atoms with Crippen molar-refractivity contribution in [2.75, 3.05) is 6.54 Å². The first kappa shape index (κ1) is 11.1. The van der Waals surface area contributed by atoms with Crippen molar-refractivity contribution in [1.82, 2.24) is 5.32 Å². The van der Waals surface area contributed by atoms with E-state index in [9.17, 15) is 5.11 Å². The molecule has 1 rings (SSSR count). The first-order valence-corrected chi connectivity index (χ1v) is 5.15. The maximum absolute atomic E-state index is 9.63. The second kappa shape index (κ2) is 5.69. The fraction of sp³-hybridized carbons (Fsp3) is 0.273. The van der Waals surface area contributed by atoms with Gasteiger partial charge >= 0.3 is 0 Å². The quantitative estimate of drug-likeness (QED) is 0.638. The zero-order valence-electron chi connectivity index (χ0n) is 7.76. The van der Waals surface area contributed by atoms with Crippen LogP contribution < -0.4 is 5.32 Å². The lowest BCUT2D eigenvalue weighted by Crippen LogP contribution is -2.14. The van der Waals surface area contributed by atoms with Gasteiger partial charge in [-0.05, 0) is 22.0 Å². The SMILES string of the molecule is C#CCCNCc1cccc(Br)c1O. The lowest BCUT2D eigenvalue weighted by atomic mass is 10.2. The molecule has 0 unspecified atom stereocenters. The van der Waals surface area contributed by atoms with Gasteiger partial charge in [-0.3, -0.25) is 0 Å². The number of terminal acetylenes is 1. The zero-order chi connectivity index (χ0) is 10.4. The summed E-state index contributed by atoms with van der Waals surface area (Å²) >= 11 is 3.26. The molecular weight excluding hydrogens is 242 g/mol. The van der Waals surface area contributed by atoms with Crippen LogP contribution in [0.15, 0.2) is 22.7 Å². The molecule has 0 radical (unpaired) electrons. The van der Waals surface area contributed by atoms with Crippen LogP contribution in [-0.4, -0.2) is 11.7 Å². The van der Waals surface area contributed by atoms with Crippen LogP contribution in [0.3, 0.4) is 0 Å². The van der Waals surface area contributed by atoms with E-state index >= 15 is 0 Å². The molecule has 0 bridgehead atoms. The molecule has 1 aromatic rings. The Balaban J connectivity index is 2.51. The molecule has 0 fully saturated rings. The average molecular weight is 254 g/mol. The van der Waals surface area contributed by atoms with Crippen LogP contribution in [-0.2, 0) is 6.54 Å². The van der Waals surface area contributed by atoms with Crippen LogP contribution >= 0.6 is 15.9 Å². The highest BCUT2D eigenvalue weighted by Gasteiger charge is 2.02. The highest BCUT2D eigenvalue weighted by Crippen LogP contribution is 2.26. The minimum atomic E-state index is 0.292. The second-order valence-electron chi connectivity index (χ2n) is 2.88. The van der Waals surface area contributed by atoms with E-state index < -0.39 is 0 Å². The summed E-state index contributed by atoms with van der Waals surface area (Å²) in [5, 5.41) is 12.8. The largest absolute Gasteiger partial charge is 0.506 e. The van der Waals surface area contributed by atoms with Crippen molar-refractivity contribution in [2.24, 2.45) is 0 Å². The van der Waals surface area contributed by atoms with Gasteiger partial charge in [0.15, 0.2) is 0 Å². The molecule has 3 heteroatoms. The van der Waals surface area contributed by atoms with Gasteiger partial charge in [0.2, 0.25) is 0 Å². The monoisotopic (exact) mass is 253 g/mol. The van der Waals surface area contributed by atoms with Gasteiger partial charge in [0.25, 0.3) is 0 Å². The normalized spacial score (nSPS) is 9.71. The van der Waals surface area contributed by atoms with Crippen molar-refractivity contribution < 1.29 is 5.11 Å². The predicted molar refractivity (Wildman–Crippen MR) is 61.0 cm³/mol. The Hall–Kier alpha value is -0.980. The summed E-state index contributed by atoms with van der Waals surface area (Å²) in [5.41, 5.74) is 0.872. The number of phenols is 1. The molecule has 0 saturated carbocycles. The highest BCUT2D eigenvalue weighted by molar-refractivity contribution is 9.10. The summed E-state index contributed by atoms with van der Waals surface area (Å²) < 4.78 is 0.716. The van der Waals surface area contributed by atoms with Crippen molar-refractivity contribution in [3.8, 4) is 18.1 Å². The molecule has 0 atom stereocenters. The van der Waals surface area contributed by atoms with Gasteiger partial charge in [0.1, 0.15) is 5.75 Å². The van der Waals surface area contributed by atoms with E-state index in [0.29, 0.717) is 23.2 Å². The molecule has 0 aliphatic heterocycles. The summed E-state index contributed by atoms with van der Waals surface area (Å²) in [6, 6.07) is 5.57. The Morgan fingerprint density at radius 2 is 2.29 bits per heavy atom. The topological polar surface area (TPSA) is 32.3 Å². The fourth-order valence-electron chi connectivity index (χ4n) is 1.09. The first-order chi connectivity index (χ1) is 6.75. The van der Waals surface area contributed by atoms with Crippen LogP contribution in [0.1, 0.15) is 12.0 Å². The second-order valence-corrected chi connectivity index (χ2v) is 3.73. The Morgan fingerprint density at radius 1 is 1.50 bits per heavy atom. The van der Waals surface area contributed by atoms with Gasteiger partial charge in [-0.25, -0.2) is 0 Å². The first-order valence-electron chi connectivity index (χ1n) is 4.36. The van der Waals surface area contributed by atoms with E-state index in [2.05, 4.69) is 27.2 Å². The summed E-state index contributed by atoms with van der Waals surface area (Å²) in [5.74, 6) is 2.84. The zero-order valence-corrected chi connectivity index (χ0v) is 9.34. The number of nitrogens with one attached hydrogen (secondary N) is 1. The number of rotatable bonds is 4. The Morgan fingerprint density at radius 3 is 3.00 bits per heavy atom. The van der Waals surface area contributed by atoms with Crippen LogP contribution in [0.5, 0.6) is 5.75 Å². The minimum absolute atomic E-state index is 0.292. The lowest BCUT2D eigenvalue weighted by Gasteiger charge is -2.06. The lowest BCUT2D eigenvalue weighted by molar-refractivity contribution is 0.461. The smallest absolute Gasteiger partial charge is 0.134 e. The molecule has 74 valence electrons. The molecule has 2 nitrogen and oxygen atoms in total. The Kier molecular flexibility index (Phi) is 4.51. The van der Waals surface area contributed by atoms with Crippen molar-refractivity contribution in [3.63, 3.8) is 0 Å². The van der Waals surface area contributed by atoms with Gasteiger partial charge in [0, 0.05) is 25.1 Å². The third kappa shape index (κ3) is 3.06. The van der Waals surface area contributed by atoms with Gasteiger partial charge in [-0.2, -0.15) is 0 Å². The number of phenolic OH excluding ortho intramolecular Hbond substituents is 1. The van der Waals surface area contributed by atoms with Crippen LogP contribution in [0.25, 0.3) is 0 Å². The van der Waals surface area contributed by atoms with Gasteiger partial charge in [0.05, 0.1) is 4.47 Å². The van der Waals surface area contributed by atoms with E-state index in [0.717, 1.165) is 12.1 Å². The number of hydrogen-bond acceptors (Lipinski definition) is 2. The van der Waals surface area contributed by atoms with Crippen molar-refractivity contribution in [1.29, 1.82) is 0 Å². The molecule has 2 N–H and O–H groups in total. The maximum Gasteiger partial charge on any atom is 0.134 e.